The van der Waals surface area contributed by atoms with Gasteiger partial charge in [0.2, 0.25) is 10.0 Å². The second-order valence-corrected chi connectivity index (χ2v) is 8.69. The first-order valence-electron chi connectivity index (χ1n) is 8.50. The first-order chi connectivity index (χ1) is 12.1. The quantitative estimate of drug-likeness (QED) is 0.891. The van der Waals surface area contributed by atoms with E-state index in [1.165, 1.54) is 0 Å². The Hall–Kier alpha value is -2.24. The summed E-state index contributed by atoms with van der Waals surface area (Å²) >= 11 is 0. The van der Waals surface area contributed by atoms with Gasteiger partial charge in [0.15, 0.2) is 5.69 Å². The Balaban J connectivity index is 1.56. The van der Waals surface area contributed by atoms with Gasteiger partial charge >= 0.3 is 0 Å². The van der Waals surface area contributed by atoms with Crippen molar-refractivity contribution in [1.29, 1.82) is 5.26 Å². The van der Waals surface area contributed by atoms with Crippen molar-refractivity contribution in [3.8, 4) is 6.07 Å². The van der Waals surface area contributed by atoms with Gasteiger partial charge in [0.1, 0.15) is 11.3 Å². The van der Waals surface area contributed by atoms with Crippen molar-refractivity contribution in [2.75, 3.05) is 18.0 Å². The fourth-order valence-electron chi connectivity index (χ4n) is 3.62. The van der Waals surface area contributed by atoms with E-state index in [0.717, 1.165) is 31.1 Å². The maximum Gasteiger partial charge on any atom is 0.218 e. The number of aromatic nitrogens is 2. The summed E-state index contributed by atoms with van der Waals surface area (Å²) in [6, 6.07) is 9.62. The molecule has 0 unspecified atom stereocenters. The number of anilines is 1. The minimum Gasteiger partial charge on any atom is -0.366 e. The molecule has 1 aliphatic carbocycles. The van der Waals surface area contributed by atoms with Crippen LogP contribution >= 0.6 is 0 Å². The third-order valence-electron chi connectivity index (χ3n) is 5.04. The molecule has 2 fully saturated rings. The highest BCUT2D eigenvalue weighted by Crippen LogP contribution is 2.33. The zero-order valence-corrected chi connectivity index (χ0v) is 14.5. The molecule has 1 aliphatic heterocycles. The lowest BCUT2D eigenvalue weighted by Gasteiger charge is -2.41. The van der Waals surface area contributed by atoms with Crippen molar-refractivity contribution in [1.82, 2.24) is 14.9 Å². The van der Waals surface area contributed by atoms with E-state index in [1.807, 2.05) is 29.2 Å². The highest BCUT2D eigenvalue weighted by atomic mass is 32.2. The van der Waals surface area contributed by atoms with Gasteiger partial charge in [0, 0.05) is 24.5 Å². The molecule has 130 valence electrons. The molecule has 1 aromatic carbocycles. The summed E-state index contributed by atoms with van der Waals surface area (Å²) in [7, 11) is -3.33. The molecule has 2 heterocycles. The number of hydrogen-bond donors (Lipinski definition) is 1. The van der Waals surface area contributed by atoms with Crippen LogP contribution in [0, 0.1) is 11.3 Å². The van der Waals surface area contributed by atoms with E-state index < -0.39 is 15.3 Å². The molecule has 0 bridgehead atoms. The zero-order valence-electron chi connectivity index (χ0n) is 13.7. The first-order valence-corrected chi connectivity index (χ1v) is 10.0. The predicted octanol–water partition coefficient (Wildman–Crippen LogP) is 1.55. The van der Waals surface area contributed by atoms with Crippen LogP contribution in [0.25, 0.3) is 10.9 Å². The Kier molecular flexibility index (Phi) is 4.06. The molecule has 1 N–H and O–H groups in total. The van der Waals surface area contributed by atoms with Gasteiger partial charge in [-0.25, -0.2) is 13.1 Å². The van der Waals surface area contributed by atoms with Crippen molar-refractivity contribution in [3.05, 3.63) is 30.0 Å². The van der Waals surface area contributed by atoms with Crippen molar-refractivity contribution >= 4 is 26.6 Å². The Labute approximate surface area is 146 Å². The van der Waals surface area contributed by atoms with Crippen LogP contribution in [0.3, 0.4) is 0 Å². The third kappa shape index (κ3) is 2.94. The Bertz CT molecular complexity index is 941. The molecule has 25 heavy (non-hydrogen) atoms. The minimum absolute atomic E-state index is 0.0807. The number of rotatable bonds is 4. The summed E-state index contributed by atoms with van der Waals surface area (Å²) in [4.78, 5) is 1.91. The summed E-state index contributed by atoms with van der Waals surface area (Å²) in [5, 5.41) is 17.8. The van der Waals surface area contributed by atoms with Gasteiger partial charge in [-0.05, 0) is 18.9 Å². The fourth-order valence-corrected chi connectivity index (χ4v) is 5.27. The molecule has 0 spiro atoms. The SMILES string of the molecule is N#Cc1nnc2ccccc2c1N1CC(S(=O)(=O)NC2CCCC2)C1. The number of nitriles is 1. The standard InChI is InChI=1S/C17H19N5O2S/c18-9-16-17(14-7-3-4-8-15(14)19-20-16)22-10-13(11-22)25(23,24)21-12-5-1-2-6-12/h3-4,7-8,12-13,21H,1-2,5-6,10-11H2. The second-order valence-electron chi connectivity index (χ2n) is 6.70. The van der Waals surface area contributed by atoms with E-state index in [-0.39, 0.29) is 11.7 Å². The molecule has 0 amide bonds. The number of benzene rings is 1. The van der Waals surface area contributed by atoms with E-state index in [4.69, 9.17) is 0 Å². The molecular weight excluding hydrogens is 338 g/mol. The Morgan fingerprint density at radius 1 is 1.16 bits per heavy atom. The van der Waals surface area contributed by atoms with Gasteiger partial charge in [0.25, 0.3) is 0 Å². The molecule has 0 radical (unpaired) electrons. The van der Waals surface area contributed by atoms with Gasteiger partial charge in [0.05, 0.1) is 11.2 Å². The summed E-state index contributed by atoms with van der Waals surface area (Å²) in [6.45, 7) is 0.735. The summed E-state index contributed by atoms with van der Waals surface area (Å²) in [5.74, 6) is 0. The van der Waals surface area contributed by atoms with Crippen LogP contribution in [-0.2, 0) is 10.0 Å². The first kappa shape index (κ1) is 16.2. The zero-order chi connectivity index (χ0) is 17.4. The van der Waals surface area contributed by atoms with Gasteiger partial charge in [-0.1, -0.05) is 31.0 Å². The lowest BCUT2D eigenvalue weighted by molar-refractivity contribution is 0.511. The predicted molar refractivity (Wildman–Crippen MR) is 94.6 cm³/mol. The maximum absolute atomic E-state index is 12.5. The Morgan fingerprint density at radius 3 is 2.60 bits per heavy atom. The maximum atomic E-state index is 12.5. The van der Waals surface area contributed by atoms with Crippen LogP contribution in [-0.4, -0.2) is 43.0 Å². The van der Waals surface area contributed by atoms with Gasteiger partial charge in [-0.15, -0.1) is 10.2 Å². The van der Waals surface area contributed by atoms with Crippen LogP contribution in [0.2, 0.25) is 0 Å². The Morgan fingerprint density at radius 2 is 1.88 bits per heavy atom. The van der Waals surface area contributed by atoms with Crippen molar-refractivity contribution in [2.24, 2.45) is 0 Å². The molecular formula is C17H19N5O2S. The van der Waals surface area contributed by atoms with Crippen LogP contribution in [0.4, 0.5) is 5.69 Å². The smallest absolute Gasteiger partial charge is 0.218 e. The van der Waals surface area contributed by atoms with Crippen molar-refractivity contribution in [2.45, 2.75) is 37.0 Å². The lowest BCUT2D eigenvalue weighted by Crippen LogP contribution is -2.59. The lowest BCUT2D eigenvalue weighted by atomic mass is 10.1. The van der Waals surface area contributed by atoms with Gasteiger partial charge in [-0.2, -0.15) is 5.26 Å². The third-order valence-corrected chi connectivity index (χ3v) is 6.87. The van der Waals surface area contributed by atoms with E-state index >= 15 is 0 Å². The average molecular weight is 357 g/mol. The molecule has 4 rings (SSSR count). The largest absolute Gasteiger partial charge is 0.366 e. The number of nitrogens with one attached hydrogen (secondary N) is 1. The average Bonchev–Trinajstić information content (AvgIpc) is 3.05. The molecule has 7 nitrogen and oxygen atoms in total. The van der Waals surface area contributed by atoms with E-state index in [2.05, 4.69) is 21.0 Å². The monoisotopic (exact) mass is 357 g/mol. The molecule has 8 heteroatoms. The van der Waals surface area contributed by atoms with Crippen LogP contribution in [0.15, 0.2) is 24.3 Å². The molecule has 0 atom stereocenters. The number of fused-ring (bicyclic) bond motifs is 1. The second kappa shape index (κ2) is 6.24. The molecule has 2 aliphatic rings. The molecule has 1 saturated heterocycles. The summed E-state index contributed by atoms with van der Waals surface area (Å²) < 4.78 is 27.9. The number of nitrogens with zero attached hydrogens (tertiary/aromatic N) is 4. The minimum atomic E-state index is -3.33. The van der Waals surface area contributed by atoms with Crippen LogP contribution in [0.5, 0.6) is 0 Å². The molecule has 2 aromatic rings. The van der Waals surface area contributed by atoms with Gasteiger partial charge < -0.3 is 4.90 Å². The van der Waals surface area contributed by atoms with Crippen LogP contribution in [0.1, 0.15) is 31.4 Å². The van der Waals surface area contributed by atoms with E-state index in [1.54, 1.807) is 0 Å². The summed E-state index contributed by atoms with van der Waals surface area (Å²) in [6.07, 6.45) is 4.02. The summed E-state index contributed by atoms with van der Waals surface area (Å²) in [5.41, 5.74) is 1.62. The van der Waals surface area contributed by atoms with Crippen molar-refractivity contribution < 1.29 is 8.42 Å². The number of hydrogen-bond acceptors (Lipinski definition) is 6. The number of sulfonamides is 1. The normalized spacial score (nSPS) is 19.1. The highest BCUT2D eigenvalue weighted by molar-refractivity contribution is 7.90. The highest BCUT2D eigenvalue weighted by Gasteiger charge is 2.40. The molecule has 1 aromatic heterocycles. The molecule has 1 saturated carbocycles. The van der Waals surface area contributed by atoms with Crippen LogP contribution < -0.4 is 9.62 Å². The fraction of sp³-hybridized carbons (Fsp3) is 0.471. The van der Waals surface area contributed by atoms with E-state index in [0.29, 0.717) is 24.3 Å². The topological polar surface area (TPSA) is 99.0 Å². The van der Waals surface area contributed by atoms with Gasteiger partial charge in [-0.3, -0.25) is 0 Å². The van der Waals surface area contributed by atoms with E-state index in [9.17, 15) is 13.7 Å². The van der Waals surface area contributed by atoms with Crippen molar-refractivity contribution in [3.63, 3.8) is 0 Å².